The van der Waals surface area contributed by atoms with Crippen molar-refractivity contribution in [1.29, 1.82) is 0 Å². The summed E-state index contributed by atoms with van der Waals surface area (Å²) in [6.07, 6.45) is -2.77. The molecule has 0 aliphatic carbocycles. The van der Waals surface area contributed by atoms with Crippen LogP contribution in [0.15, 0.2) is 0 Å². The molecular formula is C5H10ClF2NO3S. The molecule has 0 heterocycles. The number of hydrogen-bond donors (Lipinski definition) is 1. The van der Waals surface area contributed by atoms with Crippen LogP contribution in [-0.2, 0) is 10.0 Å². The van der Waals surface area contributed by atoms with Crippen LogP contribution >= 0.6 is 11.6 Å². The average molecular weight is 238 g/mol. The molecule has 0 bridgehead atoms. The predicted molar refractivity (Wildman–Crippen MR) is 44.3 cm³/mol. The molecule has 0 radical (unpaired) electrons. The molecule has 4 nitrogen and oxygen atoms in total. The van der Waals surface area contributed by atoms with Crippen molar-refractivity contribution in [3.8, 4) is 0 Å². The van der Waals surface area contributed by atoms with E-state index in [0.29, 0.717) is 4.31 Å². The van der Waals surface area contributed by atoms with Gasteiger partial charge in [0.2, 0.25) is 10.0 Å². The number of alkyl halides is 3. The van der Waals surface area contributed by atoms with Crippen molar-refractivity contribution in [3.63, 3.8) is 0 Å². The minimum Gasteiger partial charge on any atom is -0.395 e. The molecule has 80 valence electrons. The van der Waals surface area contributed by atoms with E-state index in [-0.39, 0.29) is 6.54 Å². The lowest BCUT2D eigenvalue weighted by molar-refractivity contribution is 0.113. The lowest BCUT2D eigenvalue weighted by Crippen LogP contribution is -2.37. The predicted octanol–water partition coefficient (Wildman–Crippen LogP) is 0.0719. The maximum Gasteiger partial charge on any atom is 0.252 e. The highest BCUT2D eigenvalue weighted by atomic mass is 35.5. The van der Waals surface area contributed by atoms with Crippen LogP contribution in [0, 0.1) is 0 Å². The molecular weight excluding hydrogens is 228 g/mol. The normalized spacial score (nSPS) is 12.8. The summed E-state index contributed by atoms with van der Waals surface area (Å²) in [5, 5.41) is 7.65. The number of nitrogens with zero attached hydrogens (tertiary/aromatic N) is 1. The number of aliphatic hydroxyl groups is 1. The number of aliphatic hydroxyl groups excluding tert-OH is 1. The van der Waals surface area contributed by atoms with Gasteiger partial charge in [-0.05, 0) is 0 Å². The van der Waals surface area contributed by atoms with E-state index in [1.54, 1.807) is 0 Å². The van der Waals surface area contributed by atoms with Crippen LogP contribution in [0.1, 0.15) is 0 Å². The zero-order valence-electron chi connectivity index (χ0n) is 6.66. The van der Waals surface area contributed by atoms with E-state index in [0.717, 1.165) is 0 Å². The fourth-order valence-corrected chi connectivity index (χ4v) is 1.93. The Hall–Kier alpha value is 0.0200. The van der Waals surface area contributed by atoms with Crippen molar-refractivity contribution in [2.45, 2.75) is 6.43 Å². The molecule has 0 rings (SSSR count). The molecule has 0 unspecified atom stereocenters. The highest BCUT2D eigenvalue weighted by molar-refractivity contribution is 7.90. The summed E-state index contributed by atoms with van der Waals surface area (Å²) in [5.74, 6) is 0. The summed E-state index contributed by atoms with van der Waals surface area (Å²) in [4.78, 5) is 0. The van der Waals surface area contributed by atoms with Crippen LogP contribution in [0.25, 0.3) is 0 Å². The molecule has 8 heteroatoms. The lowest BCUT2D eigenvalue weighted by Gasteiger charge is -2.18. The Morgan fingerprint density at radius 3 is 2.31 bits per heavy atom. The number of halogens is 3. The summed E-state index contributed by atoms with van der Waals surface area (Å²) in [7, 11) is -3.86. The third kappa shape index (κ3) is 4.70. The van der Waals surface area contributed by atoms with Crippen molar-refractivity contribution in [2.75, 3.05) is 24.9 Å². The minimum atomic E-state index is -3.86. The molecule has 0 spiro atoms. The Morgan fingerprint density at radius 2 is 2.00 bits per heavy atom. The van der Waals surface area contributed by atoms with Gasteiger partial charge >= 0.3 is 0 Å². The molecule has 0 aromatic heterocycles. The highest BCUT2D eigenvalue weighted by Crippen LogP contribution is 2.06. The largest absolute Gasteiger partial charge is 0.395 e. The van der Waals surface area contributed by atoms with Crippen molar-refractivity contribution in [3.05, 3.63) is 0 Å². The molecule has 0 aromatic carbocycles. The van der Waals surface area contributed by atoms with E-state index in [2.05, 4.69) is 0 Å². The fraction of sp³-hybridized carbons (Fsp3) is 1.00. The first-order valence-electron chi connectivity index (χ1n) is 3.37. The number of hydrogen-bond acceptors (Lipinski definition) is 3. The van der Waals surface area contributed by atoms with E-state index in [1.807, 2.05) is 0 Å². The molecule has 0 fully saturated rings. The van der Waals surface area contributed by atoms with Gasteiger partial charge in [-0.1, -0.05) is 0 Å². The first kappa shape index (κ1) is 13.0. The first-order valence-corrected chi connectivity index (χ1v) is 5.51. The Morgan fingerprint density at radius 1 is 1.46 bits per heavy atom. The SMILES string of the molecule is O=S(=O)(CCl)N(CCO)CC(F)F. The van der Waals surface area contributed by atoms with E-state index in [9.17, 15) is 17.2 Å². The van der Waals surface area contributed by atoms with E-state index < -0.39 is 34.8 Å². The average Bonchev–Trinajstić information content (AvgIpc) is 2.03. The lowest BCUT2D eigenvalue weighted by atomic mass is 10.6. The quantitative estimate of drug-likeness (QED) is 0.666. The monoisotopic (exact) mass is 237 g/mol. The van der Waals surface area contributed by atoms with Crippen molar-refractivity contribution in [1.82, 2.24) is 4.31 Å². The Balaban J connectivity index is 4.41. The van der Waals surface area contributed by atoms with Gasteiger partial charge in [-0.25, -0.2) is 17.2 Å². The molecule has 13 heavy (non-hydrogen) atoms. The highest BCUT2D eigenvalue weighted by Gasteiger charge is 2.23. The Bertz CT molecular complexity index is 234. The molecule has 0 amide bonds. The zero-order chi connectivity index (χ0) is 10.5. The molecule has 0 aromatic rings. The summed E-state index contributed by atoms with van der Waals surface area (Å²) in [6.45, 7) is -1.81. The minimum absolute atomic E-state index is 0.362. The molecule has 0 aliphatic heterocycles. The third-order valence-electron chi connectivity index (χ3n) is 1.22. The molecule has 1 N–H and O–H groups in total. The molecule has 0 aliphatic rings. The topological polar surface area (TPSA) is 57.6 Å². The van der Waals surface area contributed by atoms with Crippen molar-refractivity contribution >= 4 is 21.6 Å². The third-order valence-corrected chi connectivity index (χ3v) is 3.44. The molecule has 0 saturated heterocycles. The van der Waals surface area contributed by atoms with Crippen LogP contribution in [0.3, 0.4) is 0 Å². The summed E-state index contributed by atoms with van der Waals surface area (Å²) in [5.41, 5.74) is 0. The number of rotatable bonds is 6. The van der Waals surface area contributed by atoms with Crippen LogP contribution in [0.2, 0.25) is 0 Å². The summed E-state index contributed by atoms with van der Waals surface area (Å²) in [6, 6.07) is 0. The second-order valence-electron chi connectivity index (χ2n) is 2.19. The van der Waals surface area contributed by atoms with E-state index in [1.165, 1.54) is 0 Å². The van der Waals surface area contributed by atoms with E-state index >= 15 is 0 Å². The van der Waals surface area contributed by atoms with Crippen molar-refractivity contribution < 1.29 is 22.3 Å². The zero-order valence-corrected chi connectivity index (χ0v) is 8.23. The van der Waals surface area contributed by atoms with Gasteiger partial charge in [0.05, 0.1) is 13.2 Å². The first-order chi connectivity index (χ1) is 5.94. The summed E-state index contributed by atoms with van der Waals surface area (Å²) >= 11 is 5.05. The van der Waals surface area contributed by atoms with Gasteiger partial charge in [0.15, 0.2) is 0 Å². The second-order valence-corrected chi connectivity index (χ2v) is 4.75. The van der Waals surface area contributed by atoms with Gasteiger partial charge in [0.1, 0.15) is 5.21 Å². The van der Waals surface area contributed by atoms with Gasteiger partial charge < -0.3 is 5.11 Å². The van der Waals surface area contributed by atoms with Crippen LogP contribution in [-0.4, -0.2) is 49.2 Å². The van der Waals surface area contributed by atoms with Gasteiger partial charge in [-0.2, -0.15) is 4.31 Å². The Kier molecular flexibility index (Phi) is 5.70. The maximum absolute atomic E-state index is 11.8. The maximum atomic E-state index is 11.8. The molecule has 0 atom stereocenters. The standard InChI is InChI=1S/C5H10ClF2NO3S/c6-4-13(11,12)9(1-2-10)3-5(7)8/h5,10H,1-4H2. The number of sulfonamides is 1. The summed E-state index contributed by atoms with van der Waals surface area (Å²) < 4.78 is 46.1. The fourth-order valence-electron chi connectivity index (χ4n) is 0.678. The Labute approximate surface area is 80.1 Å². The smallest absolute Gasteiger partial charge is 0.252 e. The molecule has 0 saturated carbocycles. The van der Waals surface area contributed by atoms with Gasteiger partial charge in [0.25, 0.3) is 6.43 Å². The van der Waals surface area contributed by atoms with Gasteiger partial charge in [0, 0.05) is 6.54 Å². The van der Waals surface area contributed by atoms with Crippen LogP contribution < -0.4 is 0 Å². The van der Waals surface area contributed by atoms with Crippen LogP contribution in [0.4, 0.5) is 8.78 Å². The van der Waals surface area contributed by atoms with E-state index in [4.69, 9.17) is 16.7 Å². The second kappa shape index (κ2) is 5.69. The van der Waals surface area contributed by atoms with Gasteiger partial charge in [-0.15, -0.1) is 11.6 Å². The van der Waals surface area contributed by atoms with Crippen molar-refractivity contribution in [2.24, 2.45) is 0 Å². The van der Waals surface area contributed by atoms with Crippen LogP contribution in [0.5, 0.6) is 0 Å². The van der Waals surface area contributed by atoms with Gasteiger partial charge in [-0.3, -0.25) is 0 Å².